The first-order valence-electron chi connectivity index (χ1n) is 6.07. The molecule has 3 heteroatoms. The highest BCUT2D eigenvalue weighted by Crippen LogP contribution is 2.55. The van der Waals surface area contributed by atoms with E-state index in [1.54, 1.807) is 0 Å². The predicted molar refractivity (Wildman–Crippen MR) is 63.0 cm³/mol. The van der Waals surface area contributed by atoms with Crippen LogP contribution >= 0.6 is 0 Å². The Morgan fingerprint density at radius 3 is 2.59 bits per heavy atom. The van der Waals surface area contributed by atoms with E-state index < -0.39 is 5.79 Å². The zero-order valence-electron chi connectivity index (χ0n) is 10.7. The molecule has 0 aromatic heterocycles. The van der Waals surface area contributed by atoms with Crippen molar-refractivity contribution in [3.8, 4) is 0 Å². The molecule has 2 aliphatic heterocycles. The Morgan fingerprint density at radius 1 is 1.18 bits per heavy atom. The number of hydrogen-bond acceptors (Lipinski definition) is 3. The summed E-state index contributed by atoms with van der Waals surface area (Å²) in [4.78, 5) is 11.0. The molecule has 0 spiro atoms. The Bertz CT molecular complexity index is 449. The minimum absolute atomic E-state index is 0.183. The third kappa shape index (κ3) is 1.33. The zero-order chi connectivity index (χ0) is 12.3. The second kappa shape index (κ2) is 3.31. The predicted octanol–water partition coefficient (Wildman–Crippen LogP) is 3.31. The van der Waals surface area contributed by atoms with Crippen LogP contribution in [0.2, 0.25) is 0 Å². The van der Waals surface area contributed by atoms with Crippen LogP contribution in [0.3, 0.4) is 0 Å². The molecule has 0 aliphatic carbocycles. The fourth-order valence-electron chi connectivity index (χ4n) is 2.66. The first-order chi connectivity index (χ1) is 7.96. The maximum Gasteiger partial charge on any atom is 0.235 e. The van der Waals surface area contributed by atoms with Crippen LogP contribution in [0.1, 0.15) is 44.7 Å². The summed E-state index contributed by atoms with van der Waals surface area (Å²) in [5.41, 5.74) is 2.17. The van der Waals surface area contributed by atoms with Gasteiger partial charge in [-0.3, -0.25) is 0 Å². The lowest BCUT2D eigenvalue weighted by Crippen LogP contribution is -2.45. The van der Waals surface area contributed by atoms with Gasteiger partial charge in [-0.25, -0.2) is 4.89 Å². The Kier molecular flexibility index (Phi) is 2.18. The molecule has 3 atom stereocenters. The van der Waals surface area contributed by atoms with E-state index in [2.05, 4.69) is 45.9 Å². The van der Waals surface area contributed by atoms with Crippen LogP contribution in [0.25, 0.3) is 0 Å². The van der Waals surface area contributed by atoms with Crippen molar-refractivity contribution in [3.63, 3.8) is 0 Å². The van der Waals surface area contributed by atoms with E-state index in [4.69, 9.17) is 14.5 Å². The molecular formula is C14H18O3. The van der Waals surface area contributed by atoms with Crippen LogP contribution in [-0.2, 0) is 20.3 Å². The lowest BCUT2D eigenvalue weighted by Gasteiger charge is -2.42. The molecule has 1 aromatic carbocycles. The SMILES string of the molecule is C[C@H]1c2ccccc2C2(C(C)(C)C)OOC1O2. The average Bonchev–Trinajstić information content (AvgIpc) is 2.69. The van der Waals surface area contributed by atoms with Crippen molar-refractivity contribution in [1.29, 1.82) is 0 Å². The van der Waals surface area contributed by atoms with Crippen molar-refractivity contribution < 1.29 is 14.5 Å². The lowest BCUT2D eigenvalue weighted by atomic mass is 9.76. The molecule has 3 nitrogen and oxygen atoms in total. The lowest BCUT2D eigenvalue weighted by molar-refractivity contribution is -0.360. The number of fused-ring (bicyclic) bond motifs is 4. The monoisotopic (exact) mass is 234 g/mol. The highest BCUT2D eigenvalue weighted by atomic mass is 17.3. The maximum absolute atomic E-state index is 6.04. The molecule has 2 heterocycles. The van der Waals surface area contributed by atoms with Gasteiger partial charge in [0.05, 0.1) is 0 Å². The zero-order valence-corrected chi connectivity index (χ0v) is 10.7. The summed E-state index contributed by atoms with van der Waals surface area (Å²) in [6.07, 6.45) is -0.302. The average molecular weight is 234 g/mol. The largest absolute Gasteiger partial charge is 0.310 e. The normalized spacial score (nSPS) is 35.8. The maximum atomic E-state index is 6.04. The molecule has 2 aliphatic rings. The first kappa shape index (κ1) is 11.2. The molecule has 0 radical (unpaired) electrons. The molecule has 1 aromatic rings. The highest BCUT2D eigenvalue weighted by Gasteiger charge is 2.59. The Hall–Kier alpha value is -0.900. The molecule has 2 bridgehead atoms. The summed E-state index contributed by atoms with van der Waals surface area (Å²) in [6.45, 7) is 8.41. The van der Waals surface area contributed by atoms with Crippen LogP contribution in [0, 0.1) is 5.41 Å². The van der Waals surface area contributed by atoms with Crippen molar-refractivity contribution in [1.82, 2.24) is 0 Å². The van der Waals surface area contributed by atoms with Gasteiger partial charge in [0.25, 0.3) is 0 Å². The summed E-state index contributed by atoms with van der Waals surface area (Å²) in [5.74, 6) is -0.579. The van der Waals surface area contributed by atoms with E-state index in [0.717, 1.165) is 5.56 Å². The molecule has 3 rings (SSSR count). The van der Waals surface area contributed by atoms with Gasteiger partial charge in [0, 0.05) is 16.9 Å². The fourth-order valence-corrected chi connectivity index (χ4v) is 2.66. The van der Waals surface area contributed by atoms with Crippen LogP contribution in [0.5, 0.6) is 0 Å². The number of rotatable bonds is 0. The van der Waals surface area contributed by atoms with E-state index in [1.807, 2.05) is 6.07 Å². The van der Waals surface area contributed by atoms with Gasteiger partial charge in [-0.1, -0.05) is 52.0 Å². The van der Waals surface area contributed by atoms with Gasteiger partial charge < -0.3 is 4.74 Å². The molecule has 1 saturated heterocycles. The van der Waals surface area contributed by atoms with Gasteiger partial charge >= 0.3 is 0 Å². The van der Waals surface area contributed by atoms with Gasteiger partial charge in [-0.2, -0.15) is 4.89 Å². The van der Waals surface area contributed by atoms with Crippen molar-refractivity contribution in [2.45, 2.75) is 45.7 Å². The number of hydrogen-bond donors (Lipinski definition) is 0. The van der Waals surface area contributed by atoms with Gasteiger partial charge in [0.1, 0.15) is 0 Å². The second-order valence-corrected chi connectivity index (χ2v) is 5.91. The van der Waals surface area contributed by atoms with E-state index in [9.17, 15) is 0 Å². The Morgan fingerprint density at radius 2 is 1.88 bits per heavy atom. The fraction of sp³-hybridized carbons (Fsp3) is 0.571. The second-order valence-electron chi connectivity index (χ2n) is 5.91. The van der Waals surface area contributed by atoms with Crippen molar-refractivity contribution in [2.24, 2.45) is 5.41 Å². The van der Waals surface area contributed by atoms with Gasteiger partial charge in [0.2, 0.25) is 12.1 Å². The summed E-state index contributed by atoms with van der Waals surface area (Å²) < 4.78 is 6.04. The molecule has 92 valence electrons. The molecule has 1 fully saturated rings. The summed E-state index contributed by atoms with van der Waals surface area (Å²) >= 11 is 0. The molecule has 2 unspecified atom stereocenters. The molecule has 0 saturated carbocycles. The van der Waals surface area contributed by atoms with Crippen LogP contribution in [0.4, 0.5) is 0 Å². The van der Waals surface area contributed by atoms with Crippen LogP contribution in [0.15, 0.2) is 24.3 Å². The van der Waals surface area contributed by atoms with E-state index >= 15 is 0 Å². The first-order valence-corrected chi connectivity index (χ1v) is 6.07. The third-order valence-electron chi connectivity index (χ3n) is 3.74. The van der Waals surface area contributed by atoms with Gasteiger partial charge in [0.15, 0.2) is 0 Å². The smallest absolute Gasteiger partial charge is 0.235 e. The summed E-state index contributed by atoms with van der Waals surface area (Å²) in [7, 11) is 0. The molecule has 0 N–H and O–H groups in total. The minimum Gasteiger partial charge on any atom is -0.310 e. The summed E-state index contributed by atoms with van der Waals surface area (Å²) in [5, 5.41) is 0. The van der Waals surface area contributed by atoms with Gasteiger partial charge in [-0.15, -0.1) is 0 Å². The third-order valence-corrected chi connectivity index (χ3v) is 3.74. The number of benzene rings is 1. The minimum atomic E-state index is -0.777. The van der Waals surface area contributed by atoms with Crippen molar-refractivity contribution in [3.05, 3.63) is 35.4 Å². The topological polar surface area (TPSA) is 27.7 Å². The van der Waals surface area contributed by atoms with E-state index in [0.29, 0.717) is 0 Å². The quantitative estimate of drug-likeness (QED) is 0.644. The van der Waals surface area contributed by atoms with Crippen LogP contribution in [-0.4, -0.2) is 6.29 Å². The van der Waals surface area contributed by atoms with Gasteiger partial charge in [-0.05, 0) is 5.56 Å². The molecule has 17 heavy (non-hydrogen) atoms. The van der Waals surface area contributed by atoms with Crippen molar-refractivity contribution >= 4 is 0 Å². The Labute approximate surface area is 102 Å². The Balaban J connectivity index is 2.23. The molecule has 0 amide bonds. The summed E-state index contributed by atoms with van der Waals surface area (Å²) in [6, 6.07) is 8.27. The van der Waals surface area contributed by atoms with Crippen LogP contribution < -0.4 is 0 Å². The van der Waals surface area contributed by atoms with Crippen molar-refractivity contribution in [2.75, 3.05) is 0 Å². The number of ether oxygens (including phenoxy) is 1. The molecular weight excluding hydrogens is 216 g/mol. The highest BCUT2D eigenvalue weighted by molar-refractivity contribution is 5.37. The van der Waals surface area contributed by atoms with E-state index in [-0.39, 0.29) is 17.6 Å². The standard InChI is InChI=1S/C14H18O3/c1-9-10-7-5-6-8-11(10)14(13(2,3)4)15-12(9)16-17-14/h5-9,12H,1-4H3/t9-,12?,14?/m0/s1. The van der Waals surface area contributed by atoms with E-state index in [1.165, 1.54) is 5.56 Å².